The van der Waals surface area contributed by atoms with E-state index in [2.05, 4.69) is 15.9 Å². The number of alkyl halides is 3. The number of ether oxygens (including phenoxy) is 1. The summed E-state index contributed by atoms with van der Waals surface area (Å²) in [4.78, 5) is 0. The van der Waals surface area contributed by atoms with Gasteiger partial charge in [-0.05, 0) is 41.9 Å². The molecule has 0 aliphatic carbocycles. The van der Waals surface area contributed by atoms with Gasteiger partial charge in [-0.3, -0.25) is 0 Å². The summed E-state index contributed by atoms with van der Waals surface area (Å²) in [5.41, 5.74) is -1.05. The predicted molar refractivity (Wildman–Crippen MR) is 54.9 cm³/mol. The van der Waals surface area contributed by atoms with Crippen LogP contribution in [-0.4, -0.2) is 6.10 Å². The largest absolute Gasteiger partial charge is 0.487 e. The van der Waals surface area contributed by atoms with Gasteiger partial charge in [0.15, 0.2) is 11.6 Å². The van der Waals surface area contributed by atoms with Crippen molar-refractivity contribution in [2.24, 2.45) is 0 Å². The van der Waals surface area contributed by atoms with E-state index in [1.807, 2.05) is 0 Å². The second kappa shape index (κ2) is 4.61. The van der Waals surface area contributed by atoms with Crippen molar-refractivity contribution in [2.45, 2.75) is 26.1 Å². The van der Waals surface area contributed by atoms with E-state index in [0.717, 1.165) is 6.07 Å². The molecule has 1 aromatic carbocycles. The van der Waals surface area contributed by atoms with Gasteiger partial charge in [0, 0.05) is 0 Å². The summed E-state index contributed by atoms with van der Waals surface area (Å²) in [7, 11) is 0. The first-order chi connectivity index (χ1) is 7.21. The third-order valence-corrected chi connectivity index (χ3v) is 2.27. The van der Waals surface area contributed by atoms with Gasteiger partial charge in [0.2, 0.25) is 0 Å². The molecule has 0 unspecified atom stereocenters. The first-order valence-electron chi connectivity index (χ1n) is 4.44. The molecule has 0 heterocycles. The van der Waals surface area contributed by atoms with Crippen molar-refractivity contribution in [2.75, 3.05) is 0 Å². The van der Waals surface area contributed by atoms with Crippen molar-refractivity contribution in [3.63, 3.8) is 0 Å². The molecule has 0 bridgehead atoms. The van der Waals surface area contributed by atoms with Gasteiger partial charge in [-0.15, -0.1) is 0 Å². The smallest absolute Gasteiger partial charge is 0.416 e. The molecule has 0 fully saturated rings. The zero-order valence-electron chi connectivity index (χ0n) is 8.53. The highest BCUT2D eigenvalue weighted by molar-refractivity contribution is 9.10. The van der Waals surface area contributed by atoms with E-state index in [1.165, 1.54) is 0 Å². The first-order valence-corrected chi connectivity index (χ1v) is 5.24. The molecule has 1 rings (SSSR count). The minimum atomic E-state index is -4.57. The number of hydrogen-bond donors (Lipinski definition) is 0. The number of benzene rings is 1. The lowest BCUT2D eigenvalue weighted by Crippen LogP contribution is -2.10. The molecule has 0 amide bonds. The van der Waals surface area contributed by atoms with Gasteiger partial charge in [0.1, 0.15) is 0 Å². The molecule has 0 aliphatic heterocycles. The van der Waals surface area contributed by atoms with Crippen molar-refractivity contribution < 1.29 is 22.3 Å². The van der Waals surface area contributed by atoms with Crippen molar-refractivity contribution in [1.82, 2.24) is 0 Å². The maximum atomic E-state index is 13.3. The van der Waals surface area contributed by atoms with E-state index < -0.39 is 17.6 Å². The Hall–Kier alpha value is -0.780. The van der Waals surface area contributed by atoms with Crippen LogP contribution in [0.1, 0.15) is 19.4 Å². The fourth-order valence-electron chi connectivity index (χ4n) is 1.07. The van der Waals surface area contributed by atoms with Crippen LogP contribution < -0.4 is 4.74 Å². The first kappa shape index (κ1) is 13.3. The van der Waals surface area contributed by atoms with Crippen LogP contribution in [-0.2, 0) is 6.18 Å². The average Bonchev–Trinajstić information content (AvgIpc) is 2.09. The fourth-order valence-corrected chi connectivity index (χ4v) is 1.60. The molecule has 90 valence electrons. The molecule has 0 spiro atoms. The van der Waals surface area contributed by atoms with Gasteiger partial charge in [-0.2, -0.15) is 13.2 Å². The minimum absolute atomic E-state index is 0.0477. The Bertz CT molecular complexity index is 364. The Balaban J connectivity index is 3.18. The van der Waals surface area contributed by atoms with Gasteiger partial charge in [0.05, 0.1) is 16.1 Å². The third-order valence-electron chi connectivity index (χ3n) is 1.68. The zero-order valence-corrected chi connectivity index (χ0v) is 10.1. The van der Waals surface area contributed by atoms with Gasteiger partial charge in [0.25, 0.3) is 0 Å². The Labute approximate surface area is 98.5 Å². The van der Waals surface area contributed by atoms with Crippen LogP contribution in [0.25, 0.3) is 0 Å². The standard InChI is InChI=1S/C10H9BrF4O/c1-5(2)16-9-7(11)3-6(4-8(9)12)10(13,14)15/h3-5H,1-2H3. The van der Waals surface area contributed by atoms with Crippen LogP contribution in [0.15, 0.2) is 16.6 Å². The van der Waals surface area contributed by atoms with E-state index in [1.54, 1.807) is 13.8 Å². The Morgan fingerprint density at radius 3 is 2.19 bits per heavy atom. The fraction of sp³-hybridized carbons (Fsp3) is 0.400. The van der Waals surface area contributed by atoms with E-state index in [0.29, 0.717) is 6.07 Å². The summed E-state index contributed by atoms with van der Waals surface area (Å²) < 4.78 is 55.3. The molecule has 0 atom stereocenters. The van der Waals surface area contributed by atoms with Crippen LogP contribution in [0.5, 0.6) is 5.75 Å². The van der Waals surface area contributed by atoms with E-state index in [9.17, 15) is 17.6 Å². The van der Waals surface area contributed by atoms with E-state index >= 15 is 0 Å². The molecule has 16 heavy (non-hydrogen) atoms. The minimum Gasteiger partial charge on any atom is -0.487 e. The number of halogens is 5. The molecule has 0 saturated carbocycles. The maximum Gasteiger partial charge on any atom is 0.416 e. The summed E-state index contributed by atoms with van der Waals surface area (Å²) >= 11 is 2.85. The monoisotopic (exact) mass is 300 g/mol. The summed E-state index contributed by atoms with van der Waals surface area (Å²) in [5, 5.41) is 0. The second-order valence-electron chi connectivity index (χ2n) is 3.43. The molecular weight excluding hydrogens is 292 g/mol. The Morgan fingerprint density at radius 1 is 1.25 bits per heavy atom. The predicted octanol–water partition coefficient (Wildman–Crippen LogP) is 4.39. The van der Waals surface area contributed by atoms with Crippen LogP contribution >= 0.6 is 15.9 Å². The summed E-state index contributed by atoms with van der Waals surface area (Å²) in [6, 6.07) is 1.21. The SMILES string of the molecule is CC(C)Oc1c(F)cc(C(F)(F)F)cc1Br. The molecular formula is C10H9BrF4O. The molecule has 0 saturated heterocycles. The number of rotatable bonds is 2. The Kier molecular flexibility index (Phi) is 3.83. The van der Waals surface area contributed by atoms with Gasteiger partial charge < -0.3 is 4.74 Å². The lowest BCUT2D eigenvalue weighted by Gasteiger charge is -2.14. The normalized spacial score (nSPS) is 12.0. The molecule has 1 nitrogen and oxygen atoms in total. The van der Waals surface area contributed by atoms with Crippen LogP contribution in [0.4, 0.5) is 17.6 Å². The van der Waals surface area contributed by atoms with Crippen molar-refractivity contribution >= 4 is 15.9 Å². The lowest BCUT2D eigenvalue weighted by molar-refractivity contribution is -0.137. The van der Waals surface area contributed by atoms with E-state index in [4.69, 9.17) is 4.74 Å². The van der Waals surface area contributed by atoms with Crippen LogP contribution in [0.3, 0.4) is 0 Å². The average molecular weight is 301 g/mol. The molecule has 6 heteroatoms. The molecule has 0 radical (unpaired) electrons. The number of hydrogen-bond acceptors (Lipinski definition) is 1. The highest BCUT2D eigenvalue weighted by atomic mass is 79.9. The molecule has 0 aliphatic rings. The Morgan fingerprint density at radius 2 is 1.81 bits per heavy atom. The van der Waals surface area contributed by atoms with E-state index in [-0.39, 0.29) is 16.3 Å². The quantitative estimate of drug-likeness (QED) is 0.736. The highest BCUT2D eigenvalue weighted by Crippen LogP contribution is 2.37. The molecule has 0 N–H and O–H groups in total. The second-order valence-corrected chi connectivity index (χ2v) is 4.29. The summed E-state index contributed by atoms with van der Waals surface area (Å²) in [6.45, 7) is 3.31. The topological polar surface area (TPSA) is 9.23 Å². The van der Waals surface area contributed by atoms with Gasteiger partial charge >= 0.3 is 6.18 Å². The van der Waals surface area contributed by atoms with Crippen molar-refractivity contribution in [3.05, 3.63) is 28.0 Å². The van der Waals surface area contributed by atoms with Crippen molar-refractivity contribution in [1.29, 1.82) is 0 Å². The highest BCUT2D eigenvalue weighted by Gasteiger charge is 2.32. The zero-order chi connectivity index (χ0) is 12.5. The molecule has 0 aromatic heterocycles. The van der Waals surface area contributed by atoms with Crippen LogP contribution in [0, 0.1) is 5.82 Å². The van der Waals surface area contributed by atoms with Crippen LogP contribution in [0.2, 0.25) is 0 Å². The van der Waals surface area contributed by atoms with Crippen molar-refractivity contribution in [3.8, 4) is 5.75 Å². The maximum absolute atomic E-state index is 13.3. The summed E-state index contributed by atoms with van der Waals surface area (Å²) in [5.74, 6) is -1.24. The van der Waals surface area contributed by atoms with Gasteiger partial charge in [-0.1, -0.05) is 0 Å². The summed E-state index contributed by atoms with van der Waals surface area (Å²) in [6.07, 6.45) is -4.89. The third kappa shape index (κ3) is 3.10. The molecule has 1 aromatic rings. The lowest BCUT2D eigenvalue weighted by atomic mass is 10.2. The van der Waals surface area contributed by atoms with Gasteiger partial charge in [-0.25, -0.2) is 4.39 Å².